The van der Waals surface area contributed by atoms with Crippen LogP contribution in [0.3, 0.4) is 0 Å². The Morgan fingerprint density at radius 2 is 1.64 bits per heavy atom. The van der Waals surface area contributed by atoms with Crippen molar-refractivity contribution in [2.45, 2.75) is 46.7 Å². The smallest absolute Gasteiger partial charge is 0.242 e. The van der Waals surface area contributed by atoms with Gasteiger partial charge in [0.2, 0.25) is 11.8 Å². The van der Waals surface area contributed by atoms with Gasteiger partial charge in [-0.1, -0.05) is 58.6 Å². The second-order valence-electron chi connectivity index (χ2n) is 6.97. The number of halogens is 2. The lowest BCUT2D eigenvalue weighted by Gasteiger charge is -2.29. The molecule has 0 bridgehead atoms. The van der Waals surface area contributed by atoms with Crippen LogP contribution in [-0.2, 0) is 22.6 Å². The number of nitrogens with zero attached hydrogens (tertiary/aromatic N) is 1. The number of carbonyl (C=O) groups excluding carboxylic acids is 2. The number of aryl methyl sites for hydroxylation is 2. The van der Waals surface area contributed by atoms with Crippen molar-refractivity contribution in [1.29, 1.82) is 0 Å². The molecule has 0 radical (unpaired) electrons. The Hall–Kier alpha value is -2.04. The lowest BCUT2D eigenvalue weighted by Crippen LogP contribution is -2.48. The maximum atomic E-state index is 13.2. The molecule has 0 fully saturated rings. The number of amides is 2. The normalized spacial score (nSPS) is 11.8. The minimum absolute atomic E-state index is 0.153. The van der Waals surface area contributed by atoms with E-state index in [1.54, 1.807) is 25.1 Å². The molecule has 2 aromatic rings. The van der Waals surface area contributed by atoms with E-state index in [0.717, 1.165) is 16.7 Å². The predicted octanol–water partition coefficient (Wildman–Crippen LogP) is 4.71. The molecule has 1 N–H and O–H groups in total. The molecule has 0 aromatic heterocycles. The summed E-state index contributed by atoms with van der Waals surface area (Å²) >= 11 is 12.6. The van der Waals surface area contributed by atoms with Gasteiger partial charge in [-0.3, -0.25) is 9.59 Å². The van der Waals surface area contributed by atoms with Crippen LogP contribution in [0, 0.1) is 13.8 Å². The molecular formula is C22H26Cl2N2O2. The third-order valence-electron chi connectivity index (χ3n) is 4.55. The van der Waals surface area contributed by atoms with Crippen molar-refractivity contribution >= 4 is 35.0 Å². The Morgan fingerprint density at radius 1 is 1.07 bits per heavy atom. The molecule has 0 saturated heterocycles. The van der Waals surface area contributed by atoms with E-state index in [1.807, 2.05) is 32.9 Å². The highest BCUT2D eigenvalue weighted by Crippen LogP contribution is 2.27. The number of hydrogen-bond acceptors (Lipinski definition) is 2. The van der Waals surface area contributed by atoms with E-state index in [9.17, 15) is 9.59 Å². The molecule has 0 spiro atoms. The second kappa shape index (κ2) is 9.94. The summed E-state index contributed by atoms with van der Waals surface area (Å²) in [6.07, 6.45) is 0.203. The fourth-order valence-corrected chi connectivity index (χ4v) is 3.72. The zero-order chi connectivity index (χ0) is 20.8. The molecule has 2 rings (SSSR count). The summed E-state index contributed by atoms with van der Waals surface area (Å²) < 4.78 is 0. The van der Waals surface area contributed by atoms with E-state index in [2.05, 4.69) is 11.4 Å². The zero-order valence-electron chi connectivity index (χ0n) is 16.7. The average molecular weight is 421 g/mol. The van der Waals surface area contributed by atoms with Gasteiger partial charge in [0.15, 0.2) is 0 Å². The second-order valence-corrected chi connectivity index (χ2v) is 7.78. The van der Waals surface area contributed by atoms with Gasteiger partial charge in [0, 0.05) is 28.7 Å². The third-order valence-corrected chi connectivity index (χ3v) is 5.25. The van der Waals surface area contributed by atoms with Gasteiger partial charge in [-0.15, -0.1) is 0 Å². The van der Waals surface area contributed by atoms with E-state index in [4.69, 9.17) is 23.2 Å². The van der Waals surface area contributed by atoms with Gasteiger partial charge in [0.25, 0.3) is 0 Å². The highest BCUT2D eigenvalue weighted by Gasteiger charge is 2.27. The predicted molar refractivity (Wildman–Crippen MR) is 115 cm³/mol. The van der Waals surface area contributed by atoms with Gasteiger partial charge in [-0.05, 0) is 45.4 Å². The summed E-state index contributed by atoms with van der Waals surface area (Å²) in [5.74, 6) is -0.362. The number of carbonyl (C=O) groups is 2. The largest absolute Gasteiger partial charge is 0.355 e. The SMILES string of the molecule is CCNC(=O)[C@@H](C)N(Cc1c(Cl)cccc1Cl)C(=O)Cc1cc(C)cc(C)c1. The zero-order valence-corrected chi connectivity index (χ0v) is 18.2. The molecule has 2 amide bonds. The topological polar surface area (TPSA) is 49.4 Å². The summed E-state index contributed by atoms with van der Waals surface area (Å²) in [6, 6.07) is 10.6. The first-order valence-electron chi connectivity index (χ1n) is 9.30. The minimum Gasteiger partial charge on any atom is -0.355 e. The maximum absolute atomic E-state index is 13.2. The molecule has 0 unspecified atom stereocenters. The van der Waals surface area contributed by atoms with Crippen LogP contribution in [-0.4, -0.2) is 29.3 Å². The van der Waals surface area contributed by atoms with E-state index >= 15 is 0 Å². The molecule has 2 aromatic carbocycles. The first-order chi connectivity index (χ1) is 13.2. The fourth-order valence-electron chi connectivity index (χ4n) is 3.21. The molecule has 0 aliphatic heterocycles. The average Bonchev–Trinajstić information content (AvgIpc) is 2.60. The quantitative estimate of drug-likeness (QED) is 0.704. The van der Waals surface area contributed by atoms with Crippen molar-refractivity contribution in [2.75, 3.05) is 6.54 Å². The summed E-state index contributed by atoms with van der Waals surface area (Å²) in [5.41, 5.74) is 3.75. The fraction of sp³-hybridized carbons (Fsp3) is 0.364. The number of rotatable bonds is 7. The van der Waals surface area contributed by atoms with Crippen molar-refractivity contribution in [3.63, 3.8) is 0 Å². The molecular weight excluding hydrogens is 395 g/mol. The lowest BCUT2D eigenvalue weighted by atomic mass is 10.0. The van der Waals surface area contributed by atoms with Crippen LogP contribution in [0.2, 0.25) is 10.0 Å². The van der Waals surface area contributed by atoms with Gasteiger partial charge in [0.1, 0.15) is 6.04 Å². The van der Waals surface area contributed by atoms with Crippen LogP contribution in [0.15, 0.2) is 36.4 Å². The first kappa shape index (κ1) is 22.3. The monoisotopic (exact) mass is 420 g/mol. The van der Waals surface area contributed by atoms with Crippen molar-refractivity contribution < 1.29 is 9.59 Å². The molecule has 0 saturated carbocycles. The van der Waals surface area contributed by atoms with Crippen LogP contribution in [0.25, 0.3) is 0 Å². The van der Waals surface area contributed by atoms with Gasteiger partial charge in [-0.25, -0.2) is 0 Å². The van der Waals surface area contributed by atoms with Gasteiger partial charge < -0.3 is 10.2 Å². The third kappa shape index (κ3) is 5.73. The van der Waals surface area contributed by atoms with E-state index in [-0.39, 0.29) is 24.8 Å². The highest BCUT2D eigenvalue weighted by molar-refractivity contribution is 6.36. The minimum atomic E-state index is -0.648. The van der Waals surface area contributed by atoms with Crippen molar-refractivity contribution in [3.05, 3.63) is 68.7 Å². The Bertz CT molecular complexity index is 827. The molecule has 0 aliphatic rings. The molecule has 0 heterocycles. The lowest BCUT2D eigenvalue weighted by molar-refractivity contribution is -0.140. The standard InChI is InChI=1S/C22H26Cl2N2O2/c1-5-25-22(28)16(4)26(13-18-19(23)7-6-8-20(18)24)21(27)12-17-10-14(2)9-15(3)11-17/h6-11,16H,5,12-13H2,1-4H3,(H,25,28)/t16-/m1/s1. The van der Waals surface area contributed by atoms with Crippen LogP contribution in [0.5, 0.6) is 0 Å². The van der Waals surface area contributed by atoms with E-state index in [1.165, 1.54) is 4.90 Å². The van der Waals surface area contributed by atoms with Crippen molar-refractivity contribution in [1.82, 2.24) is 10.2 Å². The van der Waals surface area contributed by atoms with Crippen LogP contribution >= 0.6 is 23.2 Å². The Kier molecular flexibility index (Phi) is 7.90. The molecule has 28 heavy (non-hydrogen) atoms. The first-order valence-corrected chi connectivity index (χ1v) is 10.1. The van der Waals surface area contributed by atoms with E-state index < -0.39 is 6.04 Å². The summed E-state index contributed by atoms with van der Waals surface area (Å²) in [6.45, 7) is 8.22. The number of likely N-dealkylation sites (N-methyl/N-ethyl adjacent to an activating group) is 1. The maximum Gasteiger partial charge on any atom is 0.242 e. The highest BCUT2D eigenvalue weighted by atomic mass is 35.5. The van der Waals surface area contributed by atoms with Gasteiger partial charge in [0.05, 0.1) is 6.42 Å². The molecule has 6 heteroatoms. The van der Waals surface area contributed by atoms with Crippen molar-refractivity contribution in [3.8, 4) is 0 Å². The van der Waals surface area contributed by atoms with Gasteiger partial charge >= 0.3 is 0 Å². The number of nitrogens with one attached hydrogen (secondary N) is 1. The summed E-state index contributed by atoms with van der Waals surface area (Å²) in [5, 5.41) is 3.72. The number of benzene rings is 2. The van der Waals surface area contributed by atoms with Crippen LogP contribution in [0.1, 0.15) is 36.1 Å². The Balaban J connectivity index is 2.33. The molecule has 4 nitrogen and oxygen atoms in total. The Morgan fingerprint density at radius 3 is 2.18 bits per heavy atom. The number of hydrogen-bond donors (Lipinski definition) is 1. The van der Waals surface area contributed by atoms with Crippen LogP contribution in [0.4, 0.5) is 0 Å². The molecule has 0 aliphatic carbocycles. The summed E-state index contributed by atoms with van der Waals surface area (Å²) in [7, 11) is 0. The molecule has 150 valence electrons. The molecule has 1 atom stereocenters. The van der Waals surface area contributed by atoms with Crippen LogP contribution < -0.4 is 5.32 Å². The van der Waals surface area contributed by atoms with E-state index in [0.29, 0.717) is 22.2 Å². The Labute approximate surface area is 176 Å². The van der Waals surface area contributed by atoms with Crippen molar-refractivity contribution in [2.24, 2.45) is 0 Å². The van der Waals surface area contributed by atoms with Gasteiger partial charge in [-0.2, -0.15) is 0 Å². The summed E-state index contributed by atoms with van der Waals surface area (Å²) in [4.78, 5) is 27.1.